The predicted molar refractivity (Wildman–Crippen MR) is 102 cm³/mol. The number of rotatable bonds is 4. The fraction of sp³-hybridized carbons (Fsp3) is 0.474. The van der Waals surface area contributed by atoms with Gasteiger partial charge in [-0.15, -0.1) is 11.8 Å². The highest BCUT2D eigenvalue weighted by Gasteiger charge is 2.43. The Morgan fingerprint density at radius 1 is 1.14 bits per heavy atom. The third kappa shape index (κ3) is 4.63. The van der Waals surface area contributed by atoms with Crippen LogP contribution in [0.15, 0.2) is 22.8 Å². The maximum absolute atomic E-state index is 13.4. The van der Waals surface area contributed by atoms with Crippen molar-refractivity contribution in [3.05, 3.63) is 40.2 Å². The molecule has 0 saturated heterocycles. The lowest BCUT2D eigenvalue weighted by molar-refractivity contribution is -0.148. The van der Waals surface area contributed by atoms with Gasteiger partial charge in [0, 0.05) is 22.6 Å². The zero-order chi connectivity index (χ0) is 21.4. The molecule has 0 aromatic heterocycles. The van der Waals surface area contributed by atoms with Gasteiger partial charge >= 0.3 is 0 Å². The molecule has 1 aromatic carbocycles. The second-order valence-corrected chi connectivity index (χ2v) is 9.71. The van der Waals surface area contributed by atoms with E-state index in [1.165, 1.54) is 30.5 Å². The molecule has 0 bridgehead atoms. The number of ether oxygens (including phenoxy) is 1. The summed E-state index contributed by atoms with van der Waals surface area (Å²) in [7, 11) is 0. The molecule has 0 aliphatic carbocycles. The van der Waals surface area contributed by atoms with Crippen LogP contribution in [0.25, 0.3) is 0 Å². The molecule has 0 spiro atoms. The summed E-state index contributed by atoms with van der Waals surface area (Å²) in [6, 6.07) is 1.34. The molecule has 1 N–H and O–H groups in total. The van der Waals surface area contributed by atoms with Gasteiger partial charge in [-0.1, -0.05) is 20.8 Å². The number of hydrogen-bond donors (Lipinski definition) is 1. The number of carbonyl (C=O) groups is 2. The van der Waals surface area contributed by atoms with E-state index in [1.807, 2.05) is 20.8 Å². The van der Waals surface area contributed by atoms with E-state index in [2.05, 4.69) is 5.32 Å². The largest absolute Gasteiger partial charge is 0.476 e. The van der Waals surface area contributed by atoms with Gasteiger partial charge in [-0.25, -0.2) is 13.2 Å². The molecule has 1 aliphatic rings. The number of thioether (sulfide) groups is 1. The summed E-state index contributed by atoms with van der Waals surface area (Å²) in [6.45, 7) is 10.3. The first-order chi connectivity index (χ1) is 12.7. The van der Waals surface area contributed by atoms with Crippen molar-refractivity contribution in [2.24, 2.45) is 0 Å². The van der Waals surface area contributed by atoms with Gasteiger partial charge in [-0.05, 0) is 20.8 Å². The Hall–Kier alpha value is -2.16. The molecule has 2 rings (SSSR count). The van der Waals surface area contributed by atoms with Crippen molar-refractivity contribution in [1.82, 2.24) is 4.90 Å². The highest BCUT2D eigenvalue weighted by molar-refractivity contribution is 8.05. The lowest BCUT2D eigenvalue weighted by Crippen LogP contribution is -2.57. The van der Waals surface area contributed by atoms with Gasteiger partial charge in [0.05, 0.1) is 0 Å². The number of benzene rings is 1. The number of allylic oxidation sites excluding steroid dienone is 1. The summed E-state index contributed by atoms with van der Waals surface area (Å²) >= 11 is 1.33. The molecular weight excluding hydrogens is 393 g/mol. The normalized spacial score (nSPS) is 15.6. The molecule has 28 heavy (non-hydrogen) atoms. The minimum absolute atomic E-state index is 0.147. The molecule has 2 amide bonds. The van der Waals surface area contributed by atoms with Gasteiger partial charge in [0.2, 0.25) is 5.91 Å². The van der Waals surface area contributed by atoms with Gasteiger partial charge in [0.15, 0.2) is 24.2 Å². The number of halogens is 3. The molecule has 0 atom stereocenters. The van der Waals surface area contributed by atoms with Crippen molar-refractivity contribution in [2.75, 3.05) is 12.0 Å². The minimum atomic E-state index is -1.62. The van der Waals surface area contributed by atoms with Crippen LogP contribution in [0.3, 0.4) is 0 Å². The van der Waals surface area contributed by atoms with Crippen LogP contribution in [0.1, 0.15) is 41.5 Å². The van der Waals surface area contributed by atoms with Crippen LogP contribution in [0.2, 0.25) is 0 Å². The number of anilines is 1. The fourth-order valence-corrected chi connectivity index (χ4v) is 3.44. The zero-order valence-electron chi connectivity index (χ0n) is 16.6. The number of nitrogens with zero attached hydrogens (tertiary/aromatic N) is 1. The van der Waals surface area contributed by atoms with Crippen molar-refractivity contribution >= 4 is 29.3 Å². The molecule has 0 radical (unpaired) electrons. The number of carbonyl (C=O) groups excluding carboxylic acids is 2. The summed E-state index contributed by atoms with van der Waals surface area (Å²) in [4.78, 5) is 27.3. The summed E-state index contributed by atoms with van der Waals surface area (Å²) in [5.41, 5.74) is -1.65. The maximum Gasteiger partial charge on any atom is 0.267 e. The second kappa shape index (κ2) is 7.69. The zero-order valence-corrected chi connectivity index (χ0v) is 17.4. The van der Waals surface area contributed by atoms with Gasteiger partial charge in [0.25, 0.3) is 5.91 Å². The van der Waals surface area contributed by atoms with Crippen LogP contribution in [-0.4, -0.2) is 33.7 Å². The lowest BCUT2D eigenvalue weighted by atomic mass is 10.0. The first-order valence-corrected chi connectivity index (χ1v) is 9.36. The Bertz CT molecular complexity index is 824. The molecule has 9 heteroatoms. The molecule has 5 nitrogen and oxygen atoms in total. The fourth-order valence-electron chi connectivity index (χ4n) is 2.43. The summed E-state index contributed by atoms with van der Waals surface area (Å²) < 4.78 is 45.2. The molecule has 0 fully saturated rings. The van der Waals surface area contributed by atoms with Gasteiger partial charge in [-0.2, -0.15) is 0 Å². The van der Waals surface area contributed by atoms with Crippen LogP contribution in [-0.2, 0) is 14.3 Å². The van der Waals surface area contributed by atoms with Gasteiger partial charge in [-0.3, -0.25) is 14.5 Å². The third-order valence-corrected chi connectivity index (χ3v) is 5.33. The molecular formula is C19H23F3N2O3S. The van der Waals surface area contributed by atoms with Crippen LogP contribution in [0.5, 0.6) is 0 Å². The molecule has 154 valence electrons. The summed E-state index contributed by atoms with van der Waals surface area (Å²) in [5.74, 6) is -5.07. The number of amides is 2. The van der Waals surface area contributed by atoms with E-state index in [1.54, 1.807) is 6.92 Å². The van der Waals surface area contributed by atoms with Crippen LogP contribution in [0.4, 0.5) is 18.9 Å². The van der Waals surface area contributed by atoms with Crippen molar-refractivity contribution in [3.63, 3.8) is 0 Å². The highest BCUT2D eigenvalue weighted by Crippen LogP contribution is 2.38. The van der Waals surface area contributed by atoms with Crippen molar-refractivity contribution in [2.45, 2.75) is 51.8 Å². The lowest BCUT2D eigenvalue weighted by Gasteiger charge is -2.40. The maximum atomic E-state index is 13.4. The predicted octanol–water partition coefficient (Wildman–Crippen LogP) is 4.40. The van der Waals surface area contributed by atoms with E-state index < -0.39 is 28.9 Å². The number of nitrogens with one attached hydrogen (secondary N) is 1. The Morgan fingerprint density at radius 2 is 1.68 bits per heavy atom. The quantitative estimate of drug-likeness (QED) is 0.739. The molecule has 0 saturated carbocycles. The van der Waals surface area contributed by atoms with Gasteiger partial charge < -0.3 is 10.1 Å². The van der Waals surface area contributed by atoms with Crippen molar-refractivity contribution in [1.29, 1.82) is 0 Å². The second-order valence-electron chi connectivity index (χ2n) is 7.87. The number of hydrogen-bond acceptors (Lipinski definition) is 4. The van der Waals surface area contributed by atoms with Crippen LogP contribution < -0.4 is 5.32 Å². The monoisotopic (exact) mass is 416 g/mol. The average molecular weight is 416 g/mol. The third-order valence-electron chi connectivity index (χ3n) is 4.05. The molecule has 1 aromatic rings. The van der Waals surface area contributed by atoms with Gasteiger partial charge in [0.1, 0.15) is 16.2 Å². The topological polar surface area (TPSA) is 58.6 Å². The van der Waals surface area contributed by atoms with E-state index in [9.17, 15) is 22.8 Å². The van der Waals surface area contributed by atoms with Crippen LogP contribution in [0, 0.1) is 17.5 Å². The van der Waals surface area contributed by atoms with E-state index in [0.29, 0.717) is 22.8 Å². The first-order valence-electron chi connectivity index (χ1n) is 8.54. The van der Waals surface area contributed by atoms with E-state index in [-0.39, 0.29) is 23.1 Å². The van der Waals surface area contributed by atoms with Crippen molar-refractivity contribution < 1.29 is 27.5 Å². The Morgan fingerprint density at radius 3 is 2.18 bits per heavy atom. The average Bonchev–Trinajstić information content (AvgIpc) is 2.55. The van der Waals surface area contributed by atoms with Crippen LogP contribution >= 0.6 is 11.8 Å². The van der Waals surface area contributed by atoms with Crippen molar-refractivity contribution in [3.8, 4) is 0 Å². The molecule has 1 heterocycles. The van der Waals surface area contributed by atoms with E-state index in [0.717, 1.165) is 0 Å². The Balaban J connectivity index is 2.26. The highest BCUT2D eigenvalue weighted by atomic mass is 32.2. The SMILES string of the molecule is CC1=C(SC(C)(C)C)C(=O)N(C(C)(C)C(=O)Nc2cc(F)c(F)c(F)c2)CO1. The summed E-state index contributed by atoms with van der Waals surface area (Å²) in [5, 5.41) is 2.33. The van der Waals surface area contributed by atoms with E-state index in [4.69, 9.17) is 4.74 Å². The van der Waals surface area contributed by atoms with E-state index >= 15 is 0 Å². The standard InChI is InChI=1S/C19H23F3N2O3S/c1-10-15(28-18(2,3)4)16(25)24(9-27-10)19(5,6)17(26)23-11-7-12(20)14(22)13(21)8-11/h7-8H,9H2,1-6H3,(H,23,26). The smallest absolute Gasteiger partial charge is 0.267 e. The minimum Gasteiger partial charge on any atom is -0.476 e. The molecule has 0 unspecified atom stereocenters. The Kier molecular flexibility index (Phi) is 6.08. The first kappa shape index (κ1) is 22.1. The molecule has 1 aliphatic heterocycles. The summed E-state index contributed by atoms with van der Waals surface area (Å²) in [6.07, 6.45) is 0. The Labute approximate surface area is 166 Å².